The Kier molecular flexibility index (Phi) is 6.21. The maximum atomic E-state index is 12.9. The SMILES string of the molecule is C[C@@H]1CN(C(=O)CSc2nnc(-c3c[nH]c4ccccc34)n2C[C@H]2CCCO2)C[C@H](C)O1. The van der Waals surface area contributed by atoms with Gasteiger partial charge in [-0.05, 0) is 32.8 Å². The van der Waals surface area contributed by atoms with Gasteiger partial charge in [0.05, 0.1) is 30.6 Å². The second kappa shape index (κ2) is 9.25. The molecule has 2 aliphatic heterocycles. The third-order valence-electron chi connectivity index (χ3n) is 6.05. The zero-order chi connectivity index (χ0) is 22.1. The molecule has 1 amide bonds. The van der Waals surface area contributed by atoms with E-state index in [2.05, 4.69) is 31.9 Å². The number of benzene rings is 1. The predicted octanol–water partition coefficient (Wildman–Crippen LogP) is 3.33. The molecule has 0 bridgehead atoms. The summed E-state index contributed by atoms with van der Waals surface area (Å²) in [6.45, 7) is 6.76. The van der Waals surface area contributed by atoms with E-state index in [9.17, 15) is 4.79 Å². The number of H-pyrrole nitrogens is 1. The number of aromatic amines is 1. The quantitative estimate of drug-likeness (QED) is 0.574. The molecule has 0 aliphatic carbocycles. The molecule has 8 nitrogen and oxygen atoms in total. The Hall–Kier alpha value is -2.36. The second-order valence-corrected chi connectivity index (χ2v) is 9.59. The molecule has 0 saturated carbocycles. The highest BCUT2D eigenvalue weighted by molar-refractivity contribution is 7.99. The van der Waals surface area contributed by atoms with Crippen molar-refractivity contribution in [2.45, 2.75) is 56.7 Å². The summed E-state index contributed by atoms with van der Waals surface area (Å²) in [7, 11) is 0. The van der Waals surface area contributed by atoms with Gasteiger partial charge in [-0.3, -0.25) is 9.36 Å². The number of nitrogens with one attached hydrogen (secondary N) is 1. The fraction of sp³-hybridized carbons (Fsp3) is 0.522. The molecule has 170 valence electrons. The molecule has 0 unspecified atom stereocenters. The third-order valence-corrected chi connectivity index (χ3v) is 7.01. The van der Waals surface area contributed by atoms with E-state index in [0.29, 0.717) is 25.4 Å². The number of nitrogens with zero attached hydrogens (tertiary/aromatic N) is 4. The van der Waals surface area contributed by atoms with Gasteiger partial charge in [0.2, 0.25) is 5.91 Å². The number of carbonyl (C=O) groups is 1. The first-order valence-electron chi connectivity index (χ1n) is 11.3. The van der Waals surface area contributed by atoms with Gasteiger partial charge in [0, 0.05) is 42.4 Å². The number of aromatic nitrogens is 4. The Morgan fingerprint density at radius 3 is 2.81 bits per heavy atom. The van der Waals surface area contributed by atoms with Crippen molar-refractivity contribution < 1.29 is 14.3 Å². The highest BCUT2D eigenvalue weighted by Gasteiger charge is 2.27. The number of morpholine rings is 1. The van der Waals surface area contributed by atoms with Crippen LogP contribution < -0.4 is 0 Å². The molecule has 0 spiro atoms. The van der Waals surface area contributed by atoms with Crippen molar-refractivity contribution in [1.29, 1.82) is 0 Å². The molecule has 1 aromatic carbocycles. The molecule has 3 atom stereocenters. The topological polar surface area (TPSA) is 85.3 Å². The monoisotopic (exact) mass is 455 g/mol. The van der Waals surface area contributed by atoms with Gasteiger partial charge < -0.3 is 19.4 Å². The number of para-hydroxylation sites is 1. The number of hydrogen-bond donors (Lipinski definition) is 1. The van der Waals surface area contributed by atoms with Crippen molar-refractivity contribution in [3.63, 3.8) is 0 Å². The molecule has 2 fully saturated rings. The van der Waals surface area contributed by atoms with Crippen LogP contribution in [-0.2, 0) is 20.8 Å². The van der Waals surface area contributed by atoms with Gasteiger partial charge >= 0.3 is 0 Å². The fourth-order valence-electron chi connectivity index (χ4n) is 4.61. The number of rotatable bonds is 6. The number of ether oxygens (including phenoxy) is 2. The predicted molar refractivity (Wildman–Crippen MR) is 124 cm³/mol. The average molecular weight is 456 g/mol. The van der Waals surface area contributed by atoms with Gasteiger partial charge in [0.25, 0.3) is 0 Å². The van der Waals surface area contributed by atoms with Crippen molar-refractivity contribution in [1.82, 2.24) is 24.6 Å². The van der Waals surface area contributed by atoms with Crippen LogP contribution in [0.2, 0.25) is 0 Å². The van der Waals surface area contributed by atoms with Gasteiger partial charge in [0.15, 0.2) is 11.0 Å². The third kappa shape index (κ3) is 4.42. The normalized spacial score (nSPS) is 23.8. The van der Waals surface area contributed by atoms with E-state index in [-0.39, 0.29) is 24.2 Å². The van der Waals surface area contributed by atoms with Crippen LogP contribution in [0.15, 0.2) is 35.6 Å². The summed E-state index contributed by atoms with van der Waals surface area (Å²) >= 11 is 1.45. The van der Waals surface area contributed by atoms with Gasteiger partial charge in [-0.2, -0.15) is 0 Å². The highest BCUT2D eigenvalue weighted by atomic mass is 32.2. The fourth-order valence-corrected chi connectivity index (χ4v) is 5.46. The summed E-state index contributed by atoms with van der Waals surface area (Å²) in [5, 5.41) is 10.9. The molecule has 2 aromatic heterocycles. The molecule has 2 aliphatic rings. The summed E-state index contributed by atoms with van der Waals surface area (Å²) in [5.74, 6) is 1.25. The Labute approximate surface area is 191 Å². The number of fused-ring (bicyclic) bond motifs is 1. The van der Waals surface area contributed by atoms with Crippen LogP contribution in [-0.4, -0.2) is 74.3 Å². The second-order valence-electron chi connectivity index (χ2n) is 8.64. The van der Waals surface area contributed by atoms with Crippen LogP contribution in [0.25, 0.3) is 22.3 Å². The summed E-state index contributed by atoms with van der Waals surface area (Å²) in [5.41, 5.74) is 2.08. The van der Waals surface area contributed by atoms with Crippen molar-refractivity contribution >= 4 is 28.6 Å². The molecule has 9 heteroatoms. The lowest BCUT2D eigenvalue weighted by Crippen LogP contribution is -2.48. The van der Waals surface area contributed by atoms with Crippen molar-refractivity contribution in [2.24, 2.45) is 0 Å². The van der Waals surface area contributed by atoms with E-state index in [1.165, 1.54) is 11.8 Å². The summed E-state index contributed by atoms with van der Waals surface area (Å²) in [6.07, 6.45) is 4.35. The van der Waals surface area contributed by atoms with E-state index in [1.54, 1.807) is 0 Å². The maximum absolute atomic E-state index is 12.9. The zero-order valence-electron chi connectivity index (χ0n) is 18.5. The standard InChI is InChI=1S/C23H29N5O3S/c1-15-11-27(12-16(2)31-15)21(29)14-32-23-26-25-22(28(23)13-17-6-5-9-30-17)19-10-24-20-8-4-3-7-18(19)20/h3-4,7-8,10,15-17,24H,5-6,9,11-14H2,1-2H3/t15-,16+,17-/m1/s1. The van der Waals surface area contributed by atoms with Crippen LogP contribution in [0, 0.1) is 0 Å². The lowest BCUT2D eigenvalue weighted by Gasteiger charge is -2.35. The largest absolute Gasteiger partial charge is 0.376 e. The Morgan fingerprint density at radius 1 is 1.22 bits per heavy atom. The molecule has 3 aromatic rings. The molecule has 2 saturated heterocycles. The minimum Gasteiger partial charge on any atom is -0.376 e. The number of carbonyl (C=O) groups excluding carboxylic acids is 1. The van der Waals surface area contributed by atoms with Crippen LogP contribution in [0.5, 0.6) is 0 Å². The minimum atomic E-state index is 0.0596. The van der Waals surface area contributed by atoms with Gasteiger partial charge in [-0.15, -0.1) is 10.2 Å². The van der Waals surface area contributed by atoms with E-state index in [1.807, 2.05) is 37.1 Å². The average Bonchev–Trinajstić information content (AvgIpc) is 3.52. The smallest absolute Gasteiger partial charge is 0.233 e. The first-order valence-corrected chi connectivity index (χ1v) is 12.2. The summed E-state index contributed by atoms with van der Waals surface area (Å²) in [4.78, 5) is 18.1. The van der Waals surface area contributed by atoms with E-state index >= 15 is 0 Å². The number of amides is 1. The summed E-state index contributed by atoms with van der Waals surface area (Å²) in [6, 6.07) is 8.18. The zero-order valence-corrected chi connectivity index (χ0v) is 19.3. The Balaban J connectivity index is 1.39. The molecule has 32 heavy (non-hydrogen) atoms. The van der Waals surface area contributed by atoms with Crippen LogP contribution in [0.1, 0.15) is 26.7 Å². The van der Waals surface area contributed by atoms with Crippen LogP contribution >= 0.6 is 11.8 Å². The van der Waals surface area contributed by atoms with Crippen molar-refractivity contribution in [3.05, 3.63) is 30.5 Å². The molecular formula is C23H29N5O3S. The highest BCUT2D eigenvalue weighted by Crippen LogP contribution is 2.31. The number of hydrogen-bond acceptors (Lipinski definition) is 6. The Morgan fingerprint density at radius 2 is 2.03 bits per heavy atom. The van der Waals surface area contributed by atoms with Crippen molar-refractivity contribution in [3.8, 4) is 11.4 Å². The molecular weight excluding hydrogens is 426 g/mol. The first kappa shape index (κ1) is 21.5. The lowest BCUT2D eigenvalue weighted by atomic mass is 10.1. The van der Waals surface area contributed by atoms with Crippen LogP contribution in [0.3, 0.4) is 0 Å². The van der Waals surface area contributed by atoms with Crippen LogP contribution in [0.4, 0.5) is 0 Å². The maximum Gasteiger partial charge on any atom is 0.233 e. The van der Waals surface area contributed by atoms with Gasteiger partial charge in [-0.25, -0.2) is 0 Å². The molecule has 5 rings (SSSR count). The number of thioether (sulfide) groups is 1. The first-order chi connectivity index (χ1) is 15.6. The lowest BCUT2D eigenvalue weighted by molar-refractivity contribution is -0.140. The van der Waals surface area contributed by atoms with E-state index in [4.69, 9.17) is 9.47 Å². The molecule has 0 radical (unpaired) electrons. The van der Waals surface area contributed by atoms with Gasteiger partial charge in [0.1, 0.15) is 0 Å². The molecule has 1 N–H and O–H groups in total. The van der Waals surface area contributed by atoms with E-state index < -0.39 is 0 Å². The Bertz CT molecular complexity index is 1080. The minimum absolute atomic E-state index is 0.0596. The van der Waals surface area contributed by atoms with Gasteiger partial charge in [-0.1, -0.05) is 30.0 Å². The van der Waals surface area contributed by atoms with E-state index in [0.717, 1.165) is 46.9 Å². The molecule has 4 heterocycles. The van der Waals surface area contributed by atoms with Crippen molar-refractivity contribution in [2.75, 3.05) is 25.4 Å². The summed E-state index contributed by atoms with van der Waals surface area (Å²) < 4.78 is 13.8.